The van der Waals surface area contributed by atoms with Gasteiger partial charge >= 0.3 is 0 Å². The van der Waals surface area contributed by atoms with E-state index in [9.17, 15) is 0 Å². The molecule has 0 aliphatic rings. The third-order valence-electron chi connectivity index (χ3n) is 3.13. The van der Waals surface area contributed by atoms with Crippen molar-refractivity contribution in [3.63, 3.8) is 0 Å². The Labute approximate surface area is 112 Å². The first-order chi connectivity index (χ1) is 8.67. The van der Waals surface area contributed by atoms with Crippen molar-refractivity contribution in [1.29, 1.82) is 0 Å². The molecule has 2 aromatic rings. The second kappa shape index (κ2) is 5.50. The lowest BCUT2D eigenvalue weighted by atomic mass is 10.0. The monoisotopic (exact) mass is 262 g/mol. The van der Waals surface area contributed by atoms with Crippen LogP contribution in [-0.2, 0) is 6.42 Å². The van der Waals surface area contributed by atoms with Gasteiger partial charge in [0, 0.05) is 12.6 Å². The lowest BCUT2D eigenvalue weighted by molar-refractivity contribution is 0.411. The third kappa shape index (κ3) is 2.40. The van der Waals surface area contributed by atoms with Crippen molar-refractivity contribution in [3.05, 3.63) is 34.5 Å². The van der Waals surface area contributed by atoms with E-state index in [1.807, 2.05) is 12.3 Å². The normalized spacial score (nSPS) is 10.7. The van der Waals surface area contributed by atoms with E-state index in [1.165, 1.54) is 21.6 Å². The zero-order chi connectivity index (χ0) is 13.1. The largest absolute Gasteiger partial charge is 0.496 e. The van der Waals surface area contributed by atoms with Crippen LogP contribution in [0.4, 0.5) is 0 Å². The average Bonchev–Trinajstić information content (AvgIpc) is 2.81. The molecule has 0 aliphatic carbocycles. The summed E-state index contributed by atoms with van der Waals surface area (Å²) in [7, 11) is 1.70. The molecule has 0 fully saturated rings. The number of thiazole rings is 1. The predicted octanol–water partition coefficient (Wildman–Crippen LogP) is 2.94. The predicted molar refractivity (Wildman–Crippen MR) is 76.3 cm³/mol. The molecule has 0 amide bonds. The second-order valence-electron chi connectivity index (χ2n) is 4.22. The Morgan fingerprint density at radius 3 is 2.72 bits per heavy atom. The van der Waals surface area contributed by atoms with E-state index in [-0.39, 0.29) is 0 Å². The van der Waals surface area contributed by atoms with Crippen LogP contribution in [0.15, 0.2) is 18.3 Å². The first-order valence-corrected chi connectivity index (χ1v) is 6.78. The van der Waals surface area contributed by atoms with Crippen LogP contribution in [0.1, 0.15) is 16.1 Å². The standard InChI is InChI=1S/C14H18N2OS/c1-9-10(2)12(17-3)5-4-11(9)13-8-16-14(18-13)6-7-15/h4-5,8H,6-7,15H2,1-3H3. The van der Waals surface area contributed by atoms with Crippen molar-refractivity contribution in [3.8, 4) is 16.2 Å². The maximum absolute atomic E-state index is 5.55. The highest BCUT2D eigenvalue weighted by atomic mass is 32.1. The van der Waals surface area contributed by atoms with Crippen molar-refractivity contribution in [2.24, 2.45) is 5.73 Å². The molecule has 0 radical (unpaired) electrons. The lowest BCUT2D eigenvalue weighted by Crippen LogP contribution is -2.01. The fourth-order valence-electron chi connectivity index (χ4n) is 1.96. The summed E-state index contributed by atoms with van der Waals surface area (Å²) in [6.07, 6.45) is 2.78. The van der Waals surface area contributed by atoms with Gasteiger partial charge in [-0.2, -0.15) is 0 Å². The summed E-state index contributed by atoms with van der Waals surface area (Å²) in [5.41, 5.74) is 9.21. The smallest absolute Gasteiger partial charge is 0.122 e. The van der Waals surface area contributed by atoms with Gasteiger partial charge in [-0.15, -0.1) is 11.3 Å². The van der Waals surface area contributed by atoms with Crippen LogP contribution in [0, 0.1) is 13.8 Å². The van der Waals surface area contributed by atoms with Gasteiger partial charge in [0.2, 0.25) is 0 Å². The second-order valence-corrected chi connectivity index (χ2v) is 5.34. The van der Waals surface area contributed by atoms with Gasteiger partial charge in [0.25, 0.3) is 0 Å². The first-order valence-electron chi connectivity index (χ1n) is 5.96. The van der Waals surface area contributed by atoms with E-state index in [1.54, 1.807) is 18.4 Å². The van der Waals surface area contributed by atoms with E-state index in [4.69, 9.17) is 10.5 Å². The van der Waals surface area contributed by atoms with Crippen LogP contribution in [0.5, 0.6) is 5.75 Å². The highest BCUT2D eigenvalue weighted by Crippen LogP contribution is 2.33. The Kier molecular flexibility index (Phi) is 3.99. The number of hydrogen-bond donors (Lipinski definition) is 1. The summed E-state index contributed by atoms with van der Waals surface area (Å²) in [4.78, 5) is 5.60. The van der Waals surface area contributed by atoms with Crippen molar-refractivity contribution in [1.82, 2.24) is 4.98 Å². The first kappa shape index (κ1) is 13.1. The van der Waals surface area contributed by atoms with Gasteiger partial charge < -0.3 is 10.5 Å². The van der Waals surface area contributed by atoms with Gasteiger partial charge in [-0.25, -0.2) is 4.98 Å². The van der Waals surface area contributed by atoms with Crippen LogP contribution < -0.4 is 10.5 Å². The summed E-state index contributed by atoms with van der Waals surface area (Å²) >= 11 is 1.71. The number of nitrogens with zero attached hydrogens (tertiary/aromatic N) is 1. The third-order valence-corrected chi connectivity index (χ3v) is 4.23. The molecule has 2 rings (SSSR count). The average molecular weight is 262 g/mol. The van der Waals surface area contributed by atoms with Gasteiger partial charge in [-0.05, 0) is 49.2 Å². The molecule has 0 aliphatic heterocycles. The molecule has 1 aromatic carbocycles. The number of nitrogens with two attached hydrogens (primary N) is 1. The van der Waals surface area contributed by atoms with E-state index >= 15 is 0 Å². The summed E-state index contributed by atoms with van der Waals surface area (Å²) in [5, 5.41) is 1.10. The fourth-order valence-corrected chi connectivity index (χ4v) is 2.97. The van der Waals surface area contributed by atoms with Gasteiger partial charge in [-0.3, -0.25) is 0 Å². The molecule has 18 heavy (non-hydrogen) atoms. The topological polar surface area (TPSA) is 48.1 Å². The van der Waals surface area contributed by atoms with Gasteiger partial charge in [-0.1, -0.05) is 0 Å². The molecule has 0 saturated heterocycles. The van der Waals surface area contributed by atoms with Crippen molar-refractivity contribution in [2.75, 3.05) is 13.7 Å². The lowest BCUT2D eigenvalue weighted by Gasteiger charge is -2.11. The van der Waals surface area contributed by atoms with Crippen molar-refractivity contribution in [2.45, 2.75) is 20.3 Å². The minimum absolute atomic E-state index is 0.646. The zero-order valence-corrected chi connectivity index (χ0v) is 11.8. The zero-order valence-electron chi connectivity index (χ0n) is 11.0. The molecule has 1 heterocycles. The Balaban J connectivity index is 2.41. The Morgan fingerprint density at radius 1 is 1.28 bits per heavy atom. The molecular formula is C14H18N2OS. The summed E-state index contributed by atoms with van der Waals surface area (Å²) in [6.45, 7) is 4.85. The molecular weight excluding hydrogens is 244 g/mol. The fraction of sp³-hybridized carbons (Fsp3) is 0.357. The van der Waals surface area contributed by atoms with Crippen LogP contribution in [0.2, 0.25) is 0 Å². The minimum atomic E-state index is 0.646. The van der Waals surface area contributed by atoms with E-state index in [2.05, 4.69) is 24.9 Å². The SMILES string of the molecule is COc1ccc(-c2cnc(CCN)s2)c(C)c1C. The van der Waals surface area contributed by atoms with Crippen molar-refractivity contribution >= 4 is 11.3 Å². The Morgan fingerprint density at radius 2 is 2.06 bits per heavy atom. The van der Waals surface area contributed by atoms with Gasteiger partial charge in [0.1, 0.15) is 5.75 Å². The highest BCUT2D eigenvalue weighted by molar-refractivity contribution is 7.15. The quantitative estimate of drug-likeness (QED) is 0.921. The number of rotatable bonds is 4. The molecule has 1 aromatic heterocycles. The van der Waals surface area contributed by atoms with Crippen LogP contribution in [0.25, 0.3) is 10.4 Å². The van der Waals surface area contributed by atoms with Gasteiger partial charge in [0.05, 0.1) is 17.0 Å². The number of methoxy groups -OCH3 is 1. The number of benzene rings is 1. The highest BCUT2D eigenvalue weighted by Gasteiger charge is 2.11. The number of ether oxygens (including phenoxy) is 1. The molecule has 4 heteroatoms. The van der Waals surface area contributed by atoms with Crippen LogP contribution >= 0.6 is 11.3 Å². The van der Waals surface area contributed by atoms with E-state index in [0.29, 0.717) is 6.54 Å². The maximum atomic E-state index is 5.55. The minimum Gasteiger partial charge on any atom is -0.496 e. The molecule has 0 saturated carbocycles. The molecule has 0 unspecified atom stereocenters. The molecule has 0 atom stereocenters. The molecule has 3 nitrogen and oxygen atoms in total. The molecule has 0 spiro atoms. The Hall–Kier alpha value is -1.39. The van der Waals surface area contributed by atoms with Crippen molar-refractivity contribution < 1.29 is 4.74 Å². The summed E-state index contributed by atoms with van der Waals surface area (Å²) in [5.74, 6) is 0.933. The van der Waals surface area contributed by atoms with Gasteiger partial charge in [0.15, 0.2) is 0 Å². The number of hydrogen-bond acceptors (Lipinski definition) is 4. The van der Waals surface area contributed by atoms with Crippen LogP contribution in [0.3, 0.4) is 0 Å². The number of aromatic nitrogens is 1. The summed E-state index contributed by atoms with van der Waals surface area (Å²) in [6, 6.07) is 4.11. The van der Waals surface area contributed by atoms with E-state index < -0.39 is 0 Å². The molecule has 2 N–H and O–H groups in total. The molecule has 96 valence electrons. The van der Waals surface area contributed by atoms with Crippen LogP contribution in [-0.4, -0.2) is 18.6 Å². The summed E-state index contributed by atoms with van der Waals surface area (Å²) < 4.78 is 5.33. The van der Waals surface area contributed by atoms with E-state index in [0.717, 1.165) is 17.2 Å². The molecule has 0 bridgehead atoms. The Bertz CT molecular complexity index is 549. The maximum Gasteiger partial charge on any atom is 0.122 e.